The van der Waals surface area contributed by atoms with Crippen LogP contribution in [0.5, 0.6) is 11.5 Å². The summed E-state index contributed by atoms with van der Waals surface area (Å²) in [5.74, 6) is 1.21. The van der Waals surface area contributed by atoms with Crippen molar-refractivity contribution in [2.45, 2.75) is 20.1 Å². The van der Waals surface area contributed by atoms with Gasteiger partial charge in [0.1, 0.15) is 36.3 Å². The molecule has 178 valence electrons. The molecule has 0 spiro atoms. The average molecular weight is 467 g/mol. The summed E-state index contributed by atoms with van der Waals surface area (Å²) in [5.41, 5.74) is 0.784. The molecular weight excluding hydrogens is 439 g/mol. The van der Waals surface area contributed by atoms with Gasteiger partial charge in [-0.05, 0) is 43.3 Å². The van der Waals surface area contributed by atoms with Crippen LogP contribution >= 0.6 is 0 Å². The fourth-order valence-electron chi connectivity index (χ4n) is 3.92. The van der Waals surface area contributed by atoms with Crippen LogP contribution in [0.2, 0.25) is 0 Å². The van der Waals surface area contributed by atoms with Crippen molar-refractivity contribution in [3.05, 3.63) is 82.3 Å². The number of ether oxygens (including phenoxy) is 2. The number of carbonyl (C=O) groups excluding carboxylic acids is 1. The van der Waals surface area contributed by atoms with E-state index in [1.807, 2.05) is 4.90 Å². The van der Waals surface area contributed by atoms with Crippen molar-refractivity contribution < 1.29 is 18.7 Å². The van der Waals surface area contributed by atoms with Gasteiger partial charge in [0.25, 0.3) is 5.56 Å². The lowest BCUT2D eigenvalue weighted by Crippen LogP contribution is -2.50. The molecule has 0 N–H and O–H groups in total. The van der Waals surface area contributed by atoms with Gasteiger partial charge < -0.3 is 19.3 Å². The van der Waals surface area contributed by atoms with Gasteiger partial charge >= 0.3 is 0 Å². The number of aryl methyl sites for hydroxylation is 1. The lowest BCUT2D eigenvalue weighted by Gasteiger charge is -2.36. The molecule has 0 bridgehead atoms. The maximum atomic E-state index is 14.1. The van der Waals surface area contributed by atoms with E-state index in [1.165, 1.54) is 16.7 Å². The Kier molecular flexibility index (Phi) is 7.10. The Labute approximate surface area is 197 Å². The molecule has 8 nitrogen and oxygen atoms in total. The Morgan fingerprint density at radius 2 is 1.71 bits per heavy atom. The molecule has 0 saturated carbocycles. The Bertz CT molecular complexity index is 1200. The SMILES string of the molecule is COc1ccc(OCc2nc(C)cc(=O)n2CC(=O)N2CCN(c3ccccc3F)CC2)cc1. The third-order valence-electron chi connectivity index (χ3n) is 5.76. The molecule has 0 radical (unpaired) electrons. The normalized spacial score (nSPS) is 13.6. The Morgan fingerprint density at radius 3 is 2.38 bits per heavy atom. The van der Waals surface area contributed by atoms with E-state index in [-0.39, 0.29) is 30.4 Å². The third-order valence-corrected chi connectivity index (χ3v) is 5.76. The Hall–Kier alpha value is -3.88. The number of halogens is 1. The van der Waals surface area contributed by atoms with Crippen molar-refractivity contribution >= 4 is 11.6 Å². The van der Waals surface area contributed by atoms with Crippen LogP contribution in [0.15, 0.2) is 59.4 Å². The quantitative estimate of drug-likeness (QED) is 0.533. The molecule has 0 aliphatic carbocycles. The van der Waals surface area contributed by atoms with E-state index < -0.39 is 0 Å². The fourth-order valence-corrected chi connectivity index (χ4v) is 3.92. The van der Waals surface area contributed by atoms with Crippen molar-refractivity contribution in [3.63, 3.8) is 0 Å². The first-order chi connectivity index (χ1) is 16.4. The molecule has 1 fully saturated rings. The van der Waals surface area contributed by atoms with E-state index in [0.29, 0.717) is 54.9 Å². The predicted molar refractivity (Wildman–Crippen MR) is 126 cm³/mol. The van der Waals surface area contributed by atoms with Crippen LogP contribution in [0.3, 0.4) is 0 Å². The van der Waals surface area contributed by atoms with Crippen molar-refractivity contribution in [3.8, 4) is 11.5 Å². The van der Waals surface area contributed by atoms with E-state index >= 15 is 0 Å². The molecule has 2 aromatic carbocycles. The van der Waals surface area contributed by atoms with Gasteiger partial charge in [-0.1, -0.05) is 12.1 Å². The standard InChI is InChI=1S/C25H27FN4O4/c1-18-15-24(31)30(23(27-18)17-34-20-9-7-19(33-2)8-10-20)16-25(32)29-13-11-28(12-14-29)22-6-4-3-5-21(22)26/h3-10,15H,11-14,16-17H2,1-2H3. The lowest BCUT2D eigenvalue weighted by atomic mass is 10.2. The van der Waals surface area contributed by atoms with E-state index in [4.69, 9.17) is 9.47 Å². The minimum absolute atomic E-state index is 0.0393. The van der Waals surface area contributed by atoms with Crippen molar-refractivity contribution in [2.75, 3.05) is 38.2 Å². The van der Waals surface area contributed by atoms with Gasteiger partial charge in [0.15, 0.2) is 0 Å². The van der Waals surface area contributed by atoms with Gasteiger partial charge in [-0.25, -0.2) is 9.37 Å². The number of para-hydroxylation sites is 1. The molecule has 1 aliphatic heterocycles. The van der Waals surface area contributed by atoms with Gasteiger partial charge in [-0.15, -0.1) is 0 Å². The molecule has 1 amide bonds. The molecule has 34 heavy (non-hydrogen) atoms. The second-order valence-electron chi connectivity index (χ2n) is 8.02. The van der Waals surface area contributed by atoms with E-state index in [0.717, 1.165) is 0 Å². The first-order valence-corrected chi connectivity index (χ1v) is 11.1. The summed E-state index contributed by atoms with van der Waals surface area (Å²) in [6, 6.07) is 15.1. The zero-order valence-corrected chi connectivity index (χ0v) is 19.2. The highest BCUT2D eigenvalue weighted by molar-refractivity contribution is 5.76. The number of benzene rings is 2. The monoisotopic (exact) mass is 466 g/mol. The number of amides is 1. The summed E-state index contributed by atoms with van der Waals surface area (Å²) >= 11 is 0. The van der Waals surface area contributed by atoms with Gasteiger partial charge in [-0.3, -0.25) is 14.2 Å². The minimum Gasteiger partial charge on any atom is -0.497 e. The highest BCUT2D eigenvalue weighted by Crippen LogP contribution is 2.20. The molecule has 1 aromatic heterocycles. The number of anilines is 1. The number of hydrogen-bond acceptors (Lipinski definition) is 6. The summed E-state index contributed by atoms with van der Waals surface area (Å²) in [5, 5.41) is 0. The summed E-state index contributed by atoms with van der Waals surface area (Å²) in [6.07, 6.45) is 0. The number of rotatable bonds is 7. The van der Waals surface area contributed by atoms with Crippen LogP contribution in [0.25, 0.3) is 0 Å². The molecule has 1 saturated heterocycles. The first-order valence-electron chi connectivity index (χ1n) is 11.1. The van der Waals surface area contributed by atoms with Gasteiger partial charge in [0.2, 0.25) is 5.91 Å². The smallest absolute Gasteiger partial charge is 0.254 e. The maximum absolute atomic E-state index is 14.1. The number of hydrogen-bond donors (Lipinski definition) is 0. The lowest BCUT2D eigenvalue weighted by molar-refractivity contribution is -0.132. The third kappa shape index (κ3) is 5.36. The number of piperazine rings is 1. The van der Waals surface area contributed by atoms with Crippen LogP contribution in [0.4, 0.5) is 10.1 Å². The summed E-state index contributed by atoms with van der Waals surface area (Å²) in [4.78, 5) is 33.7. The first kappa shape index (κ1) is 23.3. The molecular formula is C25H27FN4O4. The van der Waals surface area contributed by atoms with Crippen LogP contribution in [-0.2, 0) is 17.9 Å². The topological polar surface area (TPSA) is 76.9 Å². The van der Waals surface area contributed by atoms with Crippen LogP contribution in [-0.4, -0.2) is 53.6 Å². The highest BCUT2D eigenvalue weighted by atomic mass is 19.1. The maximum Gasteiger partial charge on any atom is 0.254 e. The van der Waals surface area contributed by atoms with Crippen molar-refractivity contribution in [2.24, 2.45) is 0 Å². The molecule has 0 unspecified atom stereocenters. The molecule has 4 rings (SSSR count). The van der Waals surface area contributed by atoms with Gasteiger partial charge in [0.05, 0.1) is 12.8 Å². The van der Waals surface area contributed by atoms with E-state index in [1.54, 1.807) is 61.4 Å². The van der Waals surface area contributed by atoms with Crippen molar-refractivity contribution in [1.29, 1.82) is 0 Å². The Balaban J connectivity index is 1.42. The van der Waals surface area contributed by atoms with E-state index in [9.17, 15) is 14.0 Å². The summed E-state index contributed by atoms with van der Waals surface area (Å²) in [7, 11) is 1.59. The largest absolute Gasteiger partial charge is 0.497 e. The molecule has 3 aromatic rings. The molecule has 2 heterocycles. The predicted octanol–water partition coefficient (Wildman–Crippen LogP) is 2.63. The van der Waals surface area contributed by atoms with Gasteiger partial charge in [-0.2, -0.15) is 0 Å². The van der Waals surface area contributed by atoms with Crippen molar-refractivity contribution in [1.82, 2.24) is 14.5 Å². The van der Waals surface area contributed by atoms with Gasteiger partial charge in [0, 0.05) is 37.9 Å². The molecule has 0 atom stereocenters. The Morgan fingerprint density at radius 1 is 1.03 bits per heavy atom. The van der Waals surface area contributed by atoms with Crippen LogP contribution in [0, 0.1) is 12.7 Å². The minimum atomic E-state index is -0.306. The number of methoxy groups -OCH3 is 1. The second-order valence-corrected chi connectivity index (χ2v) is 8.02. The summed E-state index contributed by atoms with van der Waals surface area (Å²) in [6.45, 7) is 3.55. The molecule has 1 aliphatic rings. The number of nitrogens with zero attached hydrogens (tertiary/aromatic N) is 4. The van der Waals surface area contributed by atoms with Crippen LogP contribution in [0.1, 0.15) is 11.5 Å². The zero-order chi connectivity index (χ0) is 24.1. The zero-order valence-electron chi connectivity index (χ0n) is 19.2. The van der Waals surface area contributed by atoms with Crippen LogP contribution < -0.4 is 19.9 Å². The average Bonchev–Trinajstić information content (AvgIpc) is 2.85. The highest BCUT2D eigenvalue weighted by Gasteiger charge is 2.24. The molecule has 9 heteroatoms. The van der Waals surface area contributed by atoms with E-state index in [2.05, 4.69) is 4.98 Å². The number of carbonyl (C=O) groups is 1. The summed E-state index contributed by atoms with van der Waals surface area (Å²) < 4.78 is 26.4. The fraction of sp³-hybridized carbons (Fsp3) is 0.320. The number of aromatic nitrogens is 2. The second kappa shape index (κ2) is 10.4.